The molecule has 1 saturated carbocycles. The minimum Gasteiger partial charge on any atom is -0.480 e. The van der Waals surface area contributed by atoms with E-state index >= 15 is 0 Å². The second-order valence-electron chi connectivity index (χ2n) is 8.31. The zero-order chi connectivity index (χ0) is 18.2. The van der Waals surface area contributed by atoms with E-state index in [1.165, 1.54) is 28.9 Å². The van der Waals surface area contributed by atoms with Gasteiger partial charge < -0.3 is 9.84 Å². The summed E-state index contributed by atoms with van der Waals surface area (Å²) in [6.07, 6.45) is 3.27. The lowest BCUT2D eigenvalue weighted by atomic mass is 9.95. The second kappa shape index (κ2) is 6.70. The molecule has 1 N–H and O–H groups in total. The van der Waals surface area contributed by atoms with E-state index in [-0.39, 0.29) is 5.92 Å². The number of aliphatic carboxylic acids is 1. The molecular formula is C20H27NO4. The fraction of sp³-hybridized carbons (Fsp3) is 0.600. The molecule has 1 aliphatic heterocycles. The first-order valence-electron chi connectivity index (χ1n) is 9.04. The number of carbonyl (C=O) groups excluding carboxylic acids is 1. The molecule has 1 aromatic rings. The van der Waals surface area contributed by atoms with Gasteiger partial charge in [-0.2, -0.15) is 0 Å². The van der Waals surface area contributed by atoms with E-state index < -0.39 is 23.7 Å². The van der Waals surface area contributed by atoms with Crippen LogP contribution in [0.4, 0.5) is 4.79 Å². The molecule has 25 heavy (non-hydrogen) atoms. The Morgan fingerprint density at radius 1 is 1.28 bits per heavy atom. The molecule has 0 bridgehead atoms. The molecule has 2 fully saturated rings. The number of carboxylic acid groups (broad SMARTS) is 1. The molecule has 5 nitrogen and oxygen atoms in total. The summed E-state index contributed by atoms with van der Waals surface area (Å²) in [6.45, 7) is 5.80. The van der Waals surface area contributed by atoms with Gasteiger partial charge in [-0.15, -0.1) is 0 Å². The molecule has 2 aliphatic rings. The van der Waals surface area contributed by atoms with Gasteiger partial charge in [0.1, 0.15) is 11.6 Å². The molecule has 136 valence electrons. The molecule has 1 saturated heterocycles. The van der Waals surface area contributed by atoms with Crippen LogP contribution in [0.25, 0.3) is 0 Å². The molecule has 0 unspecified atom stereocenters. The third-order valence-electron chi connectivity index (χ3n) is 4.82. The molecule has 1 amide bonds. The Kier molecular flexibility index (Phi) is 4.76. The maximum Gasteiger partial charge on any atom is 0.411 e. The second-order valence-corrected chi connectivity index (χ2v) is 8.31. The van der Waals surface area contributed by atoms with Crippen LogP contribution in [0.3, 0.4) is 0 Å². The van der Waals surface area contributed by atoms with E-state index in [1.54, 1.807) is 20.8 Å². The van der Waals surface area contributed by atoms with E-state index in [0.29, 0.717) is 18.9 Å². The number of carbonyl (C=O) groups is 2. The molecule has 1 aromatic carbocycles. The summed E-state index contributed by atoms with van der Waals surface area (Å²) in [5.74, 6) is -0.114. The molecule has 5 heteroatoms. The lowest BCUT2D eigenvalue weighted by molar-refractivity contribution is -0.142. The van der Waals surface area contributed by atoms with Gasteiger partial charge in [-0.1, -0.05) is 24.3 Å². The Labute approximate surface area is 149 Å². The highest BCUT2D eigenvalue weighted by molar-refractivity contribution is 5.81. The SMILES string of the molecule is CC(C)(C)OC(=O)N1C[C@@H](Cc2cccc(C3CC3)c2)C[C@@H]1C(=O)O. The number of hydrogen-bond donors (Lipinski definition) is 1. The molecule has 0 spiro atoms. The first-order chi connectivity index (χ1) is 11.7. The van der Waals surface area contributed by atoms with Crippen LogP contribution in [0.5, 0.6) is 0 Å². The fourth-order valence-corrected chi connectivity index (χ4v) is 3.55. The number of rotatable bonds is 4. The van der Waals surface area contributed by atoms with Crippen LogP contribution in [-0.2, 0) is 16.0 Å². The molecule has 3 rings (SSSR count). The van der Waals surface area contributed by atoms with Gasteiger partial charge in [0.25, 0.3) is 0 Å². The van der Waals surface area contributed by atoms with E-state index in [1.807, 2.05) is 0 Å². The molecule has 0 radical (unpaired) electrons. The van der Waals surface area contributed by atoms with Gasteiger partial charge in [0.2, 0.25) is 0 Å². The third-order valence-corrected chi connectivity index (χ3v) is 4.82. The van der Waals surface area contributed by atoms with Crippen molar-refractivity contribution in [2.24, 2.45) is 5.92 Å². The van der Waals surface area contributed by atoms with Gasteiger partial charge >= 0.3 is 12.1 Å². The van der Waals surface area contributed by atoms with Crippen molar-refractivity contribution in [3.05, 3.63) is 35.4 Å². The van der Waals surface area contributed by atoms with Crippen molar-refractivity contribution in [1.29, 1.82) is 0 Å². The average molecular weight is 345 g/mol. The summed E-state index contributed by atoms with van der Waals surface area (Å²) in [6, 6.07) is 7.79. The number of nitrogens with zero attached hydrogens (tertiary/aromatic N) is 1. The smallest absolute Gasteiger partial charge is 0.411 e. The lowest BCUT2D eigenvalue weighted by Crippen LogP contribution is -2.43. The zero-order valence-electron chi connectivity index (χ0n) is 15.2. The van der Waals surface area contributed by atoms with Crippen LogP contribution < -0.4 is 0 Å². The average Bonchev–Trinajstić information content (AvgIpc) is 3.26. The van der Waals surface area contributed by atoms with Crippen LogP contribution in [-0.4, -0.2) is 40.3 Å². The summed E-state index contributed by atoms with van der Waals surface area (Å²) < 4.78 is 5.38. The van der Waals surface area contributed by atoms with Gasteiger partial charge in [0.05, 0.1) is 0 Å². The maximum atomic E-state index is 12.4. The van der Waals surface area contributed by atoms with E-state index in [0.717, 1.165) is 6.42 Å². The summed E-state index contributed by atoms with van der Waals surface area (Å²) in [7, 11) is 0. The highest BCUT2D eigenvalue weighted by Gasteiger charge is 2.41. The standard InChI is InChI=1S/C20H27NO4/c1-20(2,3)25-19(24)21-12-14(11-17(21)18(22)23)9-13-5-4-6-16(10-13)15-7-8-15/h4-6,10,14-15,17H,7-9,11-12H2,1-3H3,(H,22,23)/t14-,17+/m0/s1. The highest BCUT2D eigenvalue weighted by atomic mass is 16.6. The van der Waals surface area contributed by atoms with Crippen LogP contribution >= 0.6 is 0 Å². The minimum absolute atomic E-state index is 0.142. The third kappa shape index (κ3) is 4.53. The van der Waals surface area contributed by atoms with Gasteiger partial charge in [-0.25, -0.2) is 9.59 Å². The zero-order valence-corrected chi connectivity index (χ0v) is 15.2. The van der Waals surface area contributed by atoms with Gasteiger partial charge in [-0.05, 0) is 69.4 Å². The van der Waals surface area contributed by atoms with E-state index in [2.05, 4.69) is 24.3 Å². The van der Waals surface area contributed by atoms with E-state index in [4.69, 9.17) is 4.74 Å². The molecule has 1 heterocycles. The fourth-order valence-electron chi connectivity index (χ4n) is 3.55. The Hall–Kier alpha value is -2.04. The summed E-state index contributed by atoms with van der Waals surface area (Å²) in [5, 5.41) is 9.49. The van der Waals surface area contributed by atoms with E-state index in [9.17, 15) is 14.7 Å². The minimum atomic E-state index is -0.958. The molecule has 1 aliphatic carbocycles. The van der Waals surface area contributed by atoms with Crippen molar-refractivity contribution in [1.82, 2.24) is 4.90 Å². The van der Waals surface area contributed by atoms with Crippen molar-refractivity contribution < 1.29 is 19.4 Å². The normalized spacial score (nSPS) is 23.6. The van der Waals surface area contributed by atoms with Crippen LogP contribution in [0.2, 0.25) is 0 Å². The quantitative estimate of drug-likeness (QED) is 0.901. The monoisotopic (exact) mass is 345 g/mol. The number of carboxylic acids is 1. The van der Waals surface area contributed by atoms with Gasteiger partial charge in [0, 0.05) is 6.54 Å². The predicted molar refractivity (Wildman–Crippen MR) is 94.6 cm³/mol. The number of benzene rings is 1. The summed E-state index contributed by atoms with van der Waals surface area (Å²) in [4.78, 5) is 25.3. The van der Waals surface area contributed by atoms with Crippen LogP contribution in [0, 0.1) is 5.92 Å². The molecular weight excluding hydrogens is 318 g/mol. The number of hydrogen-bond acceptors (Lipinski definition) is 3. The Morgan fingerprint density at radius 2 is 2.00 bits per heavy atom. The van der Waals surface area contributed by atoms with Gasteiger partial charge in [-0.3, -0.25) is 4.90 Å². The largest absolute Gasteiger partial charge is 0.480 e. The summed E-state index contributed by atoms with van der Waals surface area (Å²) in [5.41, 5.74) is 1.98. The Morgan fingerprint density at radius 3 is 2.60 bits per heavy atom. The van der Waals surface area contributed by atoms with Crippen molar-refractivity contribution in [2.45, 2.75) is 64.0 Å². The first kappa shape index (κ1) is 17.8. The molecule has 2 atom stereocenters. The highest BCUT2D eigenvalue weighted by Crippen LogP contribution is 2.40. The van der Waals surface area contributed by atoms with Crippen LogP contribution in [0.15, 0.2) is 24.3 Å². The van der Waals surface area contributed by atoms with Crippen molar-refractivity contribution in [3.63, 3.8) is 0 Å². The van der Waals surface area contributed by atoms with Gasteiger partial charge in [0.15, 0.2) is 0 Å². The van der Waals surface area contributed by atoms with Crippen LogP contribution in [0.1, 0.15) is 57.1 Å². The number of likely N-dealkylation sites (tertiary alicyclic amines) is 1. The topological polar surface area (TPSA) is 66.8 Å². The number of amides is 1. The lowest BCUT2D eigenvalue weighted by Gasteiger charge is -2.26. The maximum absolute atomic E-state index is 12.4. The number of ether oxygens (including phenoxy) is 1. The van der Waals surface area contributed by atoms with Crippen molar-refractivity contribution in [2.75, 3.05) is 6.54 Å². The molecule has 0 aromatic heterocycles. The van der Waals surface area contributed by atoms with Crippen molar-refractivity contribution in [3.8, 4) is 0 Å². The predicted octanol–water partition coefficient (Wildman–Crippen LogP) is 3.82. The first-order valence-corrected chi connectivity index (χ1v) is 9.04. The summed E-state index contributed by atoms with van der Waals surface area (Å²) >= 11 is 0. The Balaban J connectivity index is 1.68. The Bertz CT molecular complexity index is 660. The van der Waals surface area contributed by atoms with Crippen molar-refractivity contribution >= 4 is 12.1 Å².